The second kappa shape index (κ2) is 10.8. The van der Waals surface area contributed by atoms with E-state index in [0.717, 1.165) is 29.3 Å². The number of nitrogens with zero attached hydrogens (tertiary/aromatic N) is 2. The first-order valence-electron chi connectivity index (χ1n) is 8.48. The Bertz CT molecular complexity index is 746. The van der Waals surface area contributed by atoms with Gasteiger partial charge in [-0.2, -0.15) is 13.2 Å². The monoisotopic (exact) mass is 512 g/mol. The lowest BCUT2D eigenvalue weighted by Crippen LogP contribution is -2.38. The quantitative estimate of drug-likeness (QED) is 0.320. The Morgan fingerprint density at radius 3 is 2.63 bits per heavy atom. The number of hydrogen-bond acceptors (Lipinski definition) is 3. The molecule has 0 amide bonds. The minimum absolute atomic E-state index is 0. The zero-order valence-corrected chi connectivity index (χ0v) is 18.6. The molecule has 150 valence electrons. The average molecular weight is 512 g/mol. The Kier molecular flexibility index (Phi) is 9.51. The van der Waals surface area contributed by atoms with Crippen molar-refractivity contribution in [1.82, 2.24) is 15.6 Å². The van der Waals surface area contributed by atoms with E-state index in [9.17, 15) is 13.2 Å². The zero-order valence-electron chi connectivity index (χ0n) is 15.4. The molecule has 9 heteroatoms. The van der Waals surface area contributed by atoms with Gasteiger partial charge in [-0.15, -0.1) is 35.3 Å². The molecule has 2 aromatic rings. The molecule has 1 atom stereocenters. The largest absolute Gasteiger partial charge is 0.416 e. The van der Waals surface area contributed by atoms with E-state index in [1.54, 1.807) is 24.3 Å². The van der Waals surface area contributed by atoms with E-state index in [0.29, 0.717) is 24.6 Å². The summed E-state index contributed by atoms with van der Waals surface area (Å²) in [5.74, 6) is 0.545. The maximum Gasteiger partial charge on any atom is 0.416 e. The number of aromatic nitrogens is 1. The number of aliphatic imine (C=N–C) groups is 1. The predicted molar refractivity (Wildman–Crippen MR) is 115 cm³/mol. The van der Waals surface area contributed by atoms with Gasteiger partial charge in [-0.05, 0) is 38.0 Å². The molecule has 1 aromatic carbocycles. The van der Waals surface area contributed by atoms with Gasteiger partial charge in [-0.25, -0.2) is 9.98 Å². The molecule has 4 nitrogen and oxygen atoms in total. The molecule has 0 aliphatic carbocycles. The number of hydrogen-bond donors (Lipinski definition) is 2. The first kappa shape index (κ1) is 23.7. The predicted octanol–water partition coefficient (Wildman–Crippen LogP) is 5.16. The molecular weight excluding hydrogens is 488 g/mol. The molecule has 0 spiro atoms. The summed E-state index contributed by atoms with van der Waals surface area (Å²) in [6.45, 7) is 6.86. The molecule has 0 saturated carbocycles. The Balaban J connectivity index is 0.00000364. The molecule has 0 bridgehead atoms. The molecule has 1 aromatic heterocycles. The van der Waals surface area contributed by atoms with Crippen molar-refractivity contribution in [1.29, 1.82) is 0 Å². The third kappa shape index (κ3) is 7.28. The van der Waals surface area contributed by atoms with Crippen molar-refractivity contribution in [2.75, 3.05) is 6.54 Å². The lowest BCUT2D eigenvalue weighted by atomic mass is 10.1. The third-order valence-corrected chi connectivity index (χ3v) is 4.75. The van der Waals surface area contributed by atoms with Gasteiger partial charge >= 0.3 is 6.18 Å². The summed E-state index contributed by atoms with van der Waals surface area (Å²) in [4.78, 5) is 8.95. The van der Waals surface area contributed by atoms with E-state index in [1.807, 2.05) is 19.2 Å². The van der Waals surface area contributed by atoms with Crippen molar-refractivity contribution in [3.05, 3.63) is 51.5 Å². The van der Waals surface area contributed by atoms with Crippen LogP contribution in [0.25, 0.3) is 0 Å². The molecule has 2 N–H and O–H groups in total. The summed E-state index contributed by atoms with van der Waals surface area (Å²) in [5, 5.41) is 9.30. The van der Waals surface area contributed by atoms with E-state index < -0.39 is 11.7 Å². The second-order valence-corrected chi connectivity index (χ2v) is 6.71. The highest BCUT2D eigenvalue weighted by molar-refractivity contribution is 14.0. The van der Waals surface area contributed by atoms with Crippen LogP contribution in [0.4, 0.5) is 13.2 Å². The summed E-state index contributed by atoms with van der Waals surface area (Å²) >= 11 is 1.60. The van der Waals surface area contributed by atoms with Crippen LogP contribution in [0.1, 0.15) is 48.6 Å². The summed E-state index contributed by atoms with van der Waals surface area (Å²) < 4.78 is 38.7. The molecule has 0 aliphatic heterocycles. The van der Waals surface area contributed by atoms with Gasteiger partial charge in [0.25, 0.3) is 0 Å². The fourth-order valence-electron chi connectivity index (χ4n) is 2.34. The molecule has 0 aliphatic rings. The number of thiazole rings is 1. The highest BCUT2D eigenvalue weighted by atomic mass is 127. The average Bonchev–Trinajstić information content (AvgIpc) is 3.07. The highest BCUT2D eigenvalue weighted by Gasteiger charge is 2.30. The summed E-state index contributed by atoms with van der Waals surface area (Å²) in [6.07, 6.45) is -3.46. The van der Waals surface area contributed by atoms with E-state index in [4.69, 9.17) is 0 Å². The van der Waals surface area contributed by atoms with E-state index >= 15 is 0 Å². The van der Waals surface area contributed by atoms with Crippen LogP contribution < -0.4 is 10.6 Å². The van der Waals surface area contributed by atoms with Crippen molar-refractivity contribution in [2.24, 2.45) is 4.99 Å². The van der Waals surface area contributed by atoms with Crippen LogP contribution in [0, 0.1) is 0 Å². The number of rotatable bonds is 6. The van der Waals surface area contributed by atoms with Crippen LogP contribution in [0.15, 0.2) is 34.6 Å². The van der Waals surface area contributed by atoms with Gasteiger partial charge in [0.05, 0.1) is 28.9 Å². The summed E-state index contributed by atoms with van der Waals surface area (Å²) in [7, 11) is 0. The topological polar surface area (TPSA) is 49.3 Å². The Morgan fingerprint density at radius 1 is 1.30 bits per heavy atom. The smallest absolute Gasteiger partial charge is 0.357 e. The van der Waals surface area contributed by atoms with Gasteiger partial charge in [0.2, 0.25) is 0 Å². The van der Waals surface area contributed by atoms with E-state index in [-0.39, 0.29) is 30.0 Å². The second-order valence-electron chi connectivity index (χ2n) is 5.77. The van der Waals surface area contributed by atoms with Crippen molar-refractivity contribution in [3.8, 4) is 0 Å². The van der Waals surface area contributed by atoms with Crippen LogP contribution in [-0.2, 0) is 19.1 Å². The fraction of sp³-hybridized carbons (Fsp3) is 0.444. The maximum atomic E-state index is 12.9. The molecule has 1 unspecified atom stereocenters. The normalized spacial score (nSPS) is 13.0. The minimum atomic E-state index is -4.35. The van der Waals surface area contributed by atoms with Gasteiger partial charge in [0.15, 0.2) is 5.96 Å². The highest BCUT2D eigenvalue weighted by Crippen LogP contribution is 2.30. The van der Waals surface area contributed by atoms with Crippen LogP contribution in [-0.4, -0.2) is 17.5 Å². The number of halogens is 4. The number of alkyl halides is 3. The number of nitrogens with one attached hydrogen (secondary N) is 2. The lowest BCUT2D eigenvalue weighted by molar-refractivity contribution is -0.137. The Morgan fingerprint density at radius 2 is 2.04 bits per heavy atom. The molecule has 1 heterocycles. The SMILES string of the molecule is CCNC(=NCc1csc(CC)n1)NC(C)c1cccc(C(F)(F)F)c1.I. The van der Waals surface area contributed by atoms with Gasteiger partial charge in [0.1, 0.15) is 0 Å². The number of benzene rings is 1. The van der Waals surface area contributed by atoms with Crippen LogP contribution >= 0.6 is 35.3 Å². The minimum Gasteiger partial charge on any atom is -0.357 e. The van der Waals surface area contributed by atoms with E-state index in [2.05, 4.69) is 20.6 Å². The van der Waals surface area contributed by atoms with Crippen molar-refractivity contribution >= 4 is 41.3 Å². The number of aryl methyl sites for hydroxylation is 1. The van der Waals surface area contributed by atoms with Crippen LogP contribution in [0.5, 0.6) is 0 Å². The maximum absolute atomic E-state index is 12.9. The van der Waals surface area contributed by atoms with Gasteiger partial charge < -0.3 is 10.6 Å². The van der Waals surface area contributed by atoms with Gasteiger partial charge in [-0.1, -0.05) is 19.1 Å². The fourth-order valence-corrected chi connectivity index (χ4v) is 3.07. The lowest BCUT2D eigenvalue weighted by Gasteiger charge is -2.19. The molecule has 27 heavy (non-hydrogen) atoms. The van der Waals surface area contributed by atoms with Crippen molar-refractivity contribution in [3.63, 3.8) is 0 Å². The first-order valence-corrected chi connectivity index (χ1v) is 9.36. The standard InChI is InChI=1S/C18H23F3N4S.HI/c1-4-16-25-15(11-26-16)10-23-17(22-5-2)24-12(3)13-7-6-8-14(9-13)18(19,20)21;/h6-9,11-12H,4-5,10H2,1-3H3,(H2,22,23,24);1H. The third-order valence-electron chi connectivity index (χ3n) is 3.71. The molecular formula is C18H24F3IN4S. The molecule has 0 fully saturated rings. The Hall–Kier alpha value is -1.36. The Labute approximate surface area is 178 Å². The number of guanidine groups is 1. The molecule has 2 rings (SSSR count). The van der Waals surface area contributed by atoms with Crippen LogP contribution in [0.2, 0.25) is 0 Å². The van der Waals surface area contributed by atoms with Crippen molar-refractivity contribution < 1.29 is 13.2 Å². The van der Waals surface area contributed by atoms with Gasteiger partial charge in [0, 0.05) is 11.9 Å². The zero-order chi connectivity index (χ0) is 19.2. The summed E-state index contributed by atoms with van der Waals surface area (Å²) in [6, 6.07) is 5.00. The summed E-state index contributed by atoms with van der Waals surface area (Å²) in [5.41, 5.74) is 0.781. The molecule has 0 radical (unpaired) electrons. The first-order chi connectivity index (χ1) is 12.3. The van der Waals surface area contributed by atoms with Gasteiger partial charge in [-0.3, -0.25) is 0 Å². The van der Waals surface area contributed by atoms with Crippen LogP contribution in [0.3, 0.4) is 0 Å². The van der Waals surface area contributed by atoms with Crippen molar-refractivity contribution in [2.45, 2.75) is 46.0 Å². The van der Waals surface area contributed by atoms with E-state index in [1.165, 1.54) is 6.07 Å². The molecule has 0 saturated heterocycles.